The van der Waals surface area contributed by atoms with E-state index in [1.165, 1.54) is 11.1 Å². The molecule has 8 heteroatoms. The minimum Gasteiger partial charge on any atom is -0.481 e. The molecule has 288 valence electrons. The van der Waals surface area contributed by atoms with Gasteiger partial charge in [0.2, 0.25) is 0 Å². The topological polar surface area (TPSA) is 126 Å². The standard InChI is InChI=1S/C44H66N2O6/c1-27(2)36-30(47)23-44(33(48)26-46-22-16-28-11-10-21-45-25-28)20-19-42(8)29(37(36)44)12-13-32-41(7)17-15-34(52-35(49)24-39(3,4)38(50)51)40(5,6)31(41)14-18-43(32,42)9/h10-11,21,25,27,29,31-34,46,48H,12-20,22-24,26H2,1-9H3,(H,50,51)/t29-,31+,32-,33+,34+,41+,42-,43-,44+/m1/s1. The fourth-order valence-electron chi connectivity index (χ4n) is 13.1. The summed E-state index contributed by atoms with van der Waals surface area (Å²) in [6.45, 7) is 20.9. The number of Topliss-reactive ketones (excluding diaryl/α,β-unsaturated/α-hetero) is 1. The van der Waals surface area contributed by atoms with Gasteiger partial charge in [-0.25, -0.2) is 0 Å². The Balaban J connectivity index is 1.24. The lowest BCUT2D eigenvalue weighted by molar-refractivity contribution is -0.235. The van der Waals surface area contributed by atoms with Gasteiger partial charge in [0.25, 0.3) is 0 Å². The number of nitrogens with zero attached hydrogens (tertiary/aromatic N) is 1. The molecule has 0 aliphatic heterocycles. The minimum atomic E-state index is -1.16. The van der Waals surface area contributed by atoms with E-state index in [0.717, 1.165) is 69.9 Å². The molecule has 4 fully saturated rings. The Bertz CT molecular complexity index is 1580. The Hall–Kier alpha value is -2.58. The molecule has 0 bridgehead atoms. The number of fused-ring (bicyclic) bond motifs is 7. The Morgan fingerprint density at radius 1 is 1.00 bits per heavy atom. The van der Waals surface area contributed by atoms with E-state index < -0.39 is 28.9 Å². The molecular formula is C44H66N2O6. The van der Waals surface area contributed by atoms with Gasteiger partial charge in [-0.05, 0) is 135 Å². The quantitative estimate of drug-likeness (QED) is 0.155. The molecule has 3 N–H and O–H groups in total. The lowest BCUT2D eigenvalue weighted by atomic mass is 9.33. The van der Waals surface area contributed by atoms with Gasteiger partial charge >= 0.3 is 11.9 Å². The first-order valence-electron chi connectivity index (χ1n) is 20.2. The highest BCUT2D eigenvalue weighted by Gasteiger charge is 2.70. The number of pyridine rings is 1. The second kappa shape index (κ2) is 13.6. The van der Waals surface area contributed by atoms with Gasteiger partial charge in [0.15, 0.2) is 5.78 Å². The van der Waals surface area contributed by atoms with E-state index in [9.17, 15) is 24.6 Å². The highest BCUT2D eigenvalue weighted by molar-refractivity contribution is 6.00. The van der Waals surface area contributed by atoms with Crippen molar-refractivity contribution in [2.24, 2.45) is 56.2 Å². The molecule has 4 saturated carbocycles. The molecule has 5 aliphatic rings. The van der Waals surface area contributed by atoms with E-state index in [1.807, 2.05) is 12.3 Å². The van der Waals surface area contributed by atoms with E-state index in [-0.39, 0.29) is 51.8 Å². The van der Waals surface area contributed by atoms with Crippen LogP contribution in [0.3, 0.4) is 0 Å². The summed E-state index contributed by atoms with van der Waals surface area (Å²) >= 11 is 0. The lowest BCUT2D eigenvalue weighted by Crippen LogP contribution is -2.66. The number of carbonyl (C=O) groups is 3. The second-order valence-electron chi connectivity index (χ2n) is 19.9. The number of allylic oxidation sites excluding steroid dienone is 1. The second-order valence-corrected chi connectivity index (χ2v) is 19.9. The number of carboxylic acid groups (broad SMARTS) is 1. The Morgan fingerprint density at radius 2 is 1.73 bits per heavy atom. The summed E-state index contributed by atoms with van der Waals surface area (Å²) in [4.78, 5) is 43.1. The van der Waals surface area contributed by atoms with Gasteiger partial charge in [-0.1, -0.05) is 60.1 Å². The number of aromatic nitrogens is 1. The number of carbonyl (C=O) groups excluding carboxylic acids is 2. The zero-order valence-corrected chi connectivity index (χ0v) is 33.4. The average molecular weight is 719 g/mol. The van der Waals surface area contributed by atoms with Crippen LogP contribution in [0.5, 0.6) is 0 Å². The van der Waals surface area contributed by atoms with Crippen molar-refractivity contribution in [1.82, 2.24) is 10.3 Å². The fraction of sp³-hybridized carbons (Fsp3) is 0.773. The molecule has 9 atom stereocenters. The molecule has 1 aromatic rings. The number of hydrogen-bond donors (Lipinski definition) is 3. The largest absolute Gasteiger partial charge is 0.481 e. The van der Waals surface area contributed by atoms with Crippen LogP contribution < -0.4 is 5.32 Å². The summed E-state index contributed by atoms with van der Waals surface area (Å²) < 4.78 is 6.16. The molecule has 52 heavy (non-hydrogen) atoms. The fourth-order valence-corrected chi connectivity index (χ4v) is 13.1. The van der Waals surface area contributed by atoms with Crippen LogP contribution in [0.1, 0.15) is 132 Å². The first-order chi connectivity index (χ1) is 24.2. The molecular weight excluding hydrogens is 652 g/mol. The predicted octanol–water partition coefficient (Wildman–Crippen LogP) is 7.97. The summed E-state index contributed by atoms with van der Waals surface area (Å²) in [5.74, 6) is 0.0894. The molecule has 6 rings (SSSR count). The van der Waals surface area contributed by atoms with E-state index in [2.05, 4.69) is 64.8 Å². The minimum absolute atomic E-state index is 0.00315. The molecule has 5 aliphatic carbocycles. The first-order valence-corrected chi connectivity index (χ1v) is 20.2. The van der Waals surface area contributed by atoms with Crippen LogP contribution in [0.25, 0.3) is 0 Å². The maximum atomic E-state index is 14.0. The number of carboxylic acids is 1. The molecule has 0 unspecified atom stereocenters. The SMILES string of the molecule is CC(C)C1=C2[C@H]3CC[C@@H]4[C@@]5(C)CC[C@H](OC(=O)CC(C)(C)C(=O)O)C(C)(C)[C@@H]5CC[C@@]4(C)[C@]3(C)CC[C@@]2([C@@H](O)CNCCc2cccnc2)CC1=O. The van der Waals surface area contributed by atoms with Crippen LogP contribution in [0.2, 0.25) is 0 Å². The van der Waals surface area contributed by atoms with Crippen molar-refractivity contribution in [1.29, 1.82) is 0 Å². The van der Waals surface area contributed by atoms with Crippen molar-refractivity contribution >= 4 is 17.7 Å². The Labute approximate surface area is 312 Å². The van der Waals surface area contributed by atoms with Gasteiger partial charge in [-0.3, -0.25) is 19.4 Å². The normalized spacial score (nSPS) is 37.5. The van der Waals surface area contributed by atoms with Crippen LogP contribution in [0, 0.1) is 56.2 Å². The molecule has 1 heterocycles. The molecule has 0 saturated heterocycles. The van der Waals surface area contributed by atoms with Crippen molar-refractivity contribution in [3.63, 3.8) is 0 Å². The first kappa shape index (κ1) is 39.1. The zero-order chi connectivity index (χ0) is 38.1. The summed E-state index contributed by atoms with van der Waals surface area (Å²) in [5.41, 5.74) is 1.69. The number of rotatable bonds is 11. The summed E-state index contributed by atoms with van der Waals surface area (Å²) in [6, 6.07) is 4.03. The summed E-state index contributed by atoms with van der Waals surface area (Å²) in [5, 5.41) is 25.3. The van der Waals surface area contributed by atoms with E-state index in [1.54, 1.807) is 20.0 Å². The van der Waals surface area contributed by atoms with Gasteiger partial charge in [0, 0.05) is 36.2 Å². The van der Waals surface area contributed by atoms with Gasteiger partial charge in [-0.15, -0.1) is 0 Å². The molecule has 0 aromatic carbocycles. The van der Waals surface area contributed by atoms with Crippen LogP contribution in [0.15, 0.2) is 35.7 Å². The number of hydrogen-bond acceptors (Lipinski definition) is 7. The predicted molar refractivity (Wildman–Crippen MR) is 202 cm³/mol. The number of ketones is 1. The number of ether oxygens (including phenoxy) is 1. The Morgan fingerprint density at radius 3 is 2.38 bits per heavy atom. The van der Waals surface area contributed by atoms with E-state index >= 15 is 0 Å². The zero-order valence-electron chi connectivity index (χ0n) is 33.4. The molecule has 1 aromatic heterocycles. The van der Waals surface area contributed by atoms with Gasteiger partial charge < -0.3 is 20.3 Å². The monoisotopic (exact) mass is 718 g/mol. The van der Waals surface area contributed by atoms with Crippen molar-refractivity contribution in [2.45, 2.75) is 145 Å². The molecule has 0 radical (unpaired) electrons. The third-order valence-corrected chi connectivity index (χ3v) is 16.2. The van der Waals surface area contributed by atoms with Crippen molar-refractivity contribution in [2.75, 3.05) is 13.1 Å². The van der Waals surface area contributed by atoms with E-state index in [0.29, 0.717) is 24.8 Å². The number of nitrogens with one attached hydrogen (secondary N) is 1. The highest BCUT2D eigenvalue weighted by atomic mass is 16.5. The maximum absolute atomic E-state index is 14.0. The summed E-state index contributed by atoms with van der Waals surface area (Å²) in [6.07, 6.45) is 11.8. The maximum Gasteiger partial charge on any atom is 0.309 e. The highest BCUT2D eigenvalue weighted by Crippen LogP contribution is 2.77. The van der Waals surface area contributed by atoms with Crippen LogP contribution in [-0.2, 0) is 25.5 Å². The average Bonchev–Trinajstić information content (AvgIpc) is 3.38. The molecule has 8 nitrogen and oxygen atoms in total. The van der Waals surface area contributed by atoms with Crippen molar-refractivity contribution in [3.05, 3.63) is 41.2 Å². The van der Waals surface area contributed by atoms with Crippen LogP contribution in [-0.4, -0.2) is 58.2 Å². The van der Waals surface area contributed by atoms with Crippen molar-refractivity contribution < 1.29 is 29.3 Å². The Kier molecular flexibility index (Phi) is 10.2. The van der Waals surface area contributed by atoms with Crippen LogP contribution >= 0.6 is 0 Å². The smallest absolute Gasteiger partial charge is 0.309 e. The number of aliphatic hydroxyl groups excluding tert-OH is 1. The third kappa shape index (κ3) is 6.10. The number of esters is 1. The molecule has 0 spiro atoms. The van der Waals surface area contributed by atoms with Gasteiger partial charge in [0.1, 0.15) is 6.10 Å². The summed E-state index contributed by atoms with van der Waals surface area (Å²) in [7, 11) is 0. The van der Waals surface area contributed by atoms with E-state index in [4.69, 9.17) is 4.74 Å². The lowest BCUT2D eigenvalue weighted by Gasteiger charge is -2.72. The third-order valence-electron chi connectivity index (χ3n) is 16.2. The molecule has 0 amide bonds. The number of aliphatic hydroxyl groups is 1. The van der Waals surface area contributed by atoms with Gasteiger partial charge in [-0.2, -0.15) is 0 Å². The van der Waals surface area contributed by atoms with Gasteiger partial charge in [0.05, 0.1) is 17.9 Å². The number of aliphatic carboxylic acids is 1. The van der Waals surface area contributed by atoms with Crippen LogP contribution in [0.4, 0.5) is 0 Å². The van der Waals surface area contributed by atoms with Crippen molar-refractivity contribution in [3.8, 4) is 0 Å².